The number of anilines is 3. The number of fused-ring (bicyclic) bond motifs is 1. The van der Waals surface area contributed by atoms with Gasteiger partial charge in [0.15, 0.2) is 11.6 Å². The van der Waals surface area contributed by atoms with Crippen LogP contribution in [-0.4, -0.2) is 46.6 Å². The number of rotatable bonds is 3. The van der Waals surface area contributed by atoms with Crippen molar-refractivity contribution < 1.29 is 9.37 Å². The maximum atomic E-state index is 5.41. The van der Waals surface area contributed by atoms with Crippen molar-refractivity contribution >= 4 is 28.6 Å². The molecule has 23 heavy (non-hydrogen) atoms. The number of morpholine rings is 1. The molecule has 118 valence electrons. The average molecular weight is 312 g/mol. The van der Waals surface area contributed by atoms with Crippen LogP contribution < -0.4 is 10.2 Å². The van der Waals surface area contributed by atoms with Crippen LogP contribution in [0.1, 0.15) is 5.56 Å². The number of nitrogens with zero attached hydrogens (tertiary/aromatic N) is 5. The molecule has 4 rings (SSSR count). The summed E-state index contributed by atoms with van der Waals surface area (Å²) in [6.45, 7) is 4.90. The van der Waals surface area contributed by atoms with Crippen LogP contribution in [0.3, 0.4) is 0 Å². The molecule has 0 saturated carbocycles. The van der Waals surface area contributed by atoms with Gasteiger partial charge >= 0.3 is 0 Å². The number of aryl methyl sites for hydroxylation is 1. The zero-order valence-corrected chi connectivity index (χ0v) is 12.7. The largest absolute Gasteiger partial charge is 0.378 e. The Hall–Kier alpha value is -2.74. The molecule has 0 bridgehead atoms. The summed E-state index contributed by atoms with van der Waals surface area (Å²) in [5, 5.41) is 10.9. The molecule has 0 unspecified atom stereocenters. The molecule has 3 heterocycles. The first-order valence-corrected chi connectivity index (χ1v) is 7.46. The number of hydrogen-bond acceptors (Lipinski definition) is 8. The van der Waals surface area contributed by atoms with Crippen LogP contribution in [0.15, 0.2) is 28.9 Å². The predicted octanol–water partition coefficient (Wildman–Crippen LogP) is 1.90. The fraction of sp³-hybridized carbons (Fsp3) is 0.333. The van der Waals surface area contributed by atoms with Gasteiger partial charge < -0.3 is 15.0 Å². The van der Waals surface area contributed by atoms with E-state index in [1.165, 1.54) is 5.56 Å². The summed E-state index contributed by atoms with van der Waals surface area (Å²) in [5.74, 6) is 1.37. The highest BCUT2D eigenvalue weighted by molar-refractivity contribution is 5.77. The van der Waals surface area contributed by atoms with E-state index in [2.05, 4.69) is 37.4 Å². The highest BCUT2D eigenvalue weighted by Gasteiger charge is 2.20. The first-order chi connectivity index (χ1) is 11.3. The Bertz CT molecular complexity index is 810. The molecular formula is C15H16N6O2. The molecule has 1 N–H and O–H groups in total. The van der Waals surface area contributed by atoms with Gasteiger partial charge in [0.1, 0.15) is 0 Å². The summed E-state index contributed by atoms with van der Waals surface area (Å²) in [6.07, 6.45) is 0. The Morgan fingerprint density at radius 2 is 1.70 bits per heavy atom. The van der Waals surface area contributed by atoms with Crippen LogP contribution in [0, 0.1) is 6.92 Å². The first kappa shape index (κ1) is 13.9. The third kappa shape index (κ3) is 2.80. The van der Waals surface area contributed by atoms with Gasteiger partial charge in [-0.2, -0.15) is 0 Å². The molecule has 3 aromatic rings. The van der Waals surface area contributed by atoms with Crippen LogP contribution in [-0.2, 0) is 4.74 Å². The summed E-state index contributed by atoms with van der Waals surface area (Å²) >= 11 is 0. The van der Waals surface area contributed by atoms with E-state index in [1.54, 1.807) is 0 Å². The standard InChI is InChI=1S/C15H16N6O2/c1-10-2-4-11(5-3-10)16-14-15(21-6-8-22-9-7-21)18-13-12(17-14)19-23-20-13/h2-5H,6-9H2,1H3,(H,16,17,19). The third-order valence-corrected chi connectivity index (χ3v) is 3.72. The molecule has 1 aliphatic heterocycles. The van der Waals surface area contributed by atoms with E-state index in [0.29, 0.717) is 30.3 Å². The lowest BCUT2D eigenvalue weighted by atomic mass is 10.2. The van der Waals surface area contributed by atoms with Gasteiger partial charge in [-0.1, -0.05) is 17.7 Å². The molecule has 0 aliphatic carbocycles. The molecule has 1 aromatic carbocycles. The highest BCUT2D eigenvalue weighted by atomic mass is 16.6. The van der Waals surface area contributed by atoms with E-state index in [0.717, 1.165) is 24.6 Å². The van der Waals surface area contributed by atoms with E-state index >= 15 is 0 Å². The minimum absolute atomic E-state index is 0.386. The lowest BCUT2D eigenvalue weighted by Crippen LogP contribution is -2.37. The summed E-state index contributed by atoms with van der Waals surface area (Å²) in [5.41, 5.74) is 2.93. The Kier molecular flexibility index (Phi) is 3.51. The van der Waals surface area contributed by atoms with Crippen LogP contribution in [0.25, 0.3) is 11.3 Å². The molecule has 1 saturated heterocycles. The van der Waals surface area contributed by atoms with E-state index in [1.807, 2.05) is 24.3 Å². The Labute approximate surface area is 132 Å². The van der Waals surface area contributed by atoms with Crippen molar-refractivity contribution in [2.75, 3.05) is 36.5 Å². The van der Waals surface area contributed by atoms with Gasteiger partial charge in [0.2, 0.25) is 11.3 Å². The fourth-order valence-electron chi connectivity index (χ4n) is 2.48. The van der Waals surface area contributed by atoms with Crippen molar-refractivity contribution in [2.45, 2.75) is 6.92 Å². The molecule has 1 fully saturated rings. The van der Waals surface area contributed by atoms with Gasteiger partial charge in [-0.15, -0.1) is 0 Å². The predicted molar refractivity (Wildman–Crippen MR) is 84.9 cm³/mol. The molecule has 0 spiro atoms. The van der Waals surface area contributed by atoms with Gasteiger partial charge in [0, 0.05) is 18.8 Å². The van der Waals surface area contributed by atoms with Crippen molar-refractivity contribution in [3.05, 3.63) is 29.8 Å². The number of benzene rings is 1. The molecule has 0 radical (unpaired) electrons. The van der Waals surface area contributed by atoms with Crippen LogP contribution in [0.5, 0.6) is 0 Å². The smallest absolute Gasteiger partial charge is 0.245 e. The molecule has 8 nitrogen and oxygen atoms in total. The first-order valence-electron chi connectivity index (χ1n) is 7.46. The Balaban J connectivity index is 1.74. The van der Waals surface area contributed by atoms with E-state index < -0.39 is 0 Å². The molecule has 8 heteroatoms. The van der Waals surface area contributed by atoms with E-state index in [-0.39, 0.29) is 0 Å². The van der Waals surface area contributed by atoms with Crippen LogP contribution in [0.4, 0.5) is 17.3 Å². The van der Waals surface area contributed by atoms with Crippen LogP contribution in [0.2, 0.25) is 0 Å². The Morgan fingerprint density at radius 3 is 2.43 bits per heavy atom. The second-order valence-corrected chi connectivity index (χ2v) is 5.40. The third-order valence-electron chi connectivity index (χ3n) is 3.72. The van der Waals surface area contributed by atoms with Gasteiger partial charge in [0.05, 0.1) is 13.2 Å². The minimum atomic E-state index is 0.386. The summed E-state index contributed by atoms with van der Waals surface area (Å²) in [4.78, 5) is 11.2. The van der Waals surface area contributed by atoms with Crippen molar-refractivity contribution in [3.8, 4) is 0 Å². The van der Waals surface area contributed by atoms with E-state index in [4.69, 9.17) is 9.37 Å². The second-order valence-electron chi connectivity index (χ2n) is 5.40. The topological polar surface area (TPSA) is 89.2 Å². The Morgan fingerprint density at radius 1 is 1.00 bits per heavy atom. The number of hydrogen-bond donors (Lipinski definition) is 1. The molecular weight excluding hydrogens is 296 g/mol. The van der Waals surface area contributed by atoms with Crippen LogP contribution >= 0.6 is 0 Å². The minimum Gasteiger partial charge on any atom is -0.378 e. The zero-order valence-electron chi connectivity index (χ0n) is 12.7. The number of aromatic nitrogens is 4. The monoisotopic (exact) mass is 312 g/mol. The zero-order chi connectivity index (χ0) is 15.6. The molecule has 0 amide bonds. The lowest BCUT2D eigenvalue weighted by molar-refractivity contribution is 0.122. The lowest BCUT2D eigenvalue weighted by Gasteiger charge is -2.28. The maximum Gasteiger partial charge on any atom is 0.245 e. The summed E-state index contributed by atoms with van der Waals surface area (Å²) in [6, 6.07) is 8.09. The number of nitrogens with one attached hydrogen (secondary N) is 1. The quantitative estimate of drug-likeness (QED) is 0.784. The van der Waals surface area contributed by atoms with Crippen molar-refractivity contribution in [2.24, 2.45) is 0 Å². The van der Waals surface area contributed by atoms with Crippen molar-refractivity contribution in [3.63, 3.8) is 0 Å². The molecule has 0 atom stereocenters. The summed E-state index contributed by atoms with van der Waals surface area (Å²) < 4.78 is 10.1. The average Bonchev–Trinajstić information content (AvgIpc) is 3.04. The maximum absolute atomic E-state index is 5.41. The molecule has 1 aliphatic rings. The normalized spacial score (nSPS) is 15.1. The van der Waals surface area contributed by atoms with Gasteiger partial charge in [-0.25, -0.2) is 14.6 Å². The van der Waals surface area contributed by atoms with Gasteiger partial charge in [0.25, 0.3) is 0 Å². The summed E-state index contributed by atoms with van der Waals surface area (Å²) in [7, 11) is 0. The second kappa shape index (κ2) is 5.81. The SMILES string of the molecule is Cc1ccc(Nc2nc3nonc3nc2N2CCOCC2)cc1. The number of ether oxygens (including phenoxy) is 1. The highest BCUT2D eigenvalue weighted by Crippen LogP contribution is 2.27. The fourth-order valence-corrected chi connectivity index (χ4v) is 2.48. The van der Waals surface area contributed by atoms with Crippen molar-refractivity contribution in [1.29, 1.82) is 0 Å². The van der Waals surface area contributed by atoms with Crippen molar-refractivity contribution in [1.82, 2.24) is 20.3 Å². The molecule has 2 aromatic heterocycles. The van der Waals surface area contributed by atoms with E-state index in [9.17, 15) is 0 Å². The van der Waals surface area contributed by atoms with Gasteiger partial charge in [-0.05, 0) is 29.4 Å². The van der Waals surface area contributed by atoms with Gasteiger partial charge in [-0.3, -0.25) is 0 Å².